The fourth-order valence-corrected chi connectivity index (χ4v) is 2.54. The molecule has 0 saturated heterocycles. The Kier molecular flexibility index (Phi) is 4.14. The monoisotopic (exact) mass is 331 g/mol. The number of carboxylic acid groups (broad SMARTS) is 1. The Morgan fingerprint density at radius 2 is 2.19 bits per heavy atom. The summed E-state index contributed by atoms with van der Waals surface area (Å²) < 4.78 is 29.8. The highest BCUT2D eigenvalue weighted by Crippen LogP contribution is 2.28. The number of rotatable bonds is 5. The third kappa shape index (κ3) is 3.50. The summed E-state index contributed by atoms with van der Waals surface area (Å²) in [5.74, 6) is -0.857. The highest BCUT2D eigenvalue weighted by Gasteiger charge is 2.20. The van der Waals surface area contributed by atoms with Crippen LogP contribution in [0, 0.1) is 0 Å². The highest BCUT2D eigenvalue weighted by atomic mass is 35.7. The molecule has 21 heavy (non-hydrogen) atoms. The lowest BCUT2D eigenvalue weighted by Gasteiger charge is -2.10. The fourth-order valence-electron chi connectivity index (χ4n) is 1.54. The highest BCUT2D eigenvalue weighted by molar-refractivity contribution is 8.13. The SMILES string of the molecule is Cn1ncnc1COc1ccc(C(=O)O)cc1S(=O)(=O)Cl. The summed E-state index contributed by atoms with van der Waals surface area (Å²) in [5, 5.41) is 12.7. The molecule has 0 aliphatic carbocycles. The third-order valence-electron chi connectivity index (χ3n) is 2.62. The Balaban J connectivity index is 2.35. The predicted molar refractivity (Wildman–Crippen MR) is 71.8 cm³/mol. The van der Waals surface area contributed by atoms with Crippen molar-refractivity contribution >= 4 is 25.7 Å². The van der Waals surface area contributed by atoms with Crippen LogP contribution in [0.5, 0.6) is 5.75 Å². The minimum absolute atomic E-state index is 0.0394. The Morgan fingerprint density at radius 3 is 2.71 bits per heavy atom. The van der Waals surface area contributed by atoms with E-state index in [0.29, 0.717) is 5.82 Å². The summed E-state index contributed by atoms with van der Waals surface area (Å²) in [6, 6.07) is 3.39. The maximum Gasteiger partial charge on any atom is 0.335 e. The van der Waals surface area contributed by atoms with Crippen LogP contribution < -0.4 is 4.74 Å². The molecule has 0 radical (unpaired) electrons. The van der Waals surface area contributed by atoms with E-state index in [-0.39, 0.29) is 17.9 Å². The molecular formula is C11H10ClN3O5S. The van der Waals surface area contributed by atoms with E-state index in [4.69, 9.17) is 20.5 Å². The summed E-state index contributed by atoms with van der Waals surface area (Å²) in [6.45, 7) is -0.0394. The van der Waals surface area contributed by atoms with Gasteiger partial charge in [-0.1, -0.05) is 0 Å². The van der Waals surface area contributed by atoms with Crippen LogP contribution >= 0.6 is 10.7 Å². The van der Waals surface area contributed by atoms with Gasteiger partial charge >= 0.3 is 5.97 Å². The van der Waals surface area contributed by atoms with Crippen molar-refractivity contribution in [3.05, 3.63) is 35.9 Å². The Hall–Kier alpha value is -2.13. The van der Waals surface area contributed by atoms with E-state index < -0.39 is 19.9 Å². The molecule has 1 N–H and O–H groups in total. The second-order valence-electron chi connectivity index (χ2n) is 3.99. The summed E-state index contributed by atoms with van der Waals surface area (Å²) >= 11 is 0. The largest absolute Gasteiger partial charge is 0.484 e. The number of carbonyl (C=O) groups is 1. The molecule has 2 aromatic rings. The van der Waals surface area contributed by atoms with Gasteiger partial charge in [0, 0.05) is 17.7 Å². The van der Waals surface area contributed by atoms with Crippen molar-refractivity contribution in [3.8, 4) is 5.75 Å². The molecule has 0 saturated carbocycles. The number of carboxylic acids is 1. The molecule has 2 rings (SSSR count). The topological polar surface area (TPSA) is 111 Å². The first-order valence-electron chi connectivity index (χ1n) is 5.56. The number of hydrogen-bond donors (Lipinski definition) is 1. The Morgan fingerprint density at radius 1 is 1.48 bits per heavy atom. The van der Waals surface area contributed by atoms with Gasteiger partial charge in [0.25, 0.3) is 9.05 Å². The van der Waals surface area contributed by atoms with Crippen LogP contribution in [0.2, 0.25) is 0 Å². The molecule has 1 aromatic carbocycles. The zero-order valence-corrected chi connectivity index (χ0v) is 12.3. The van der Waals surface area contributed by atoms with Gasteiger partial charge in [0.2, 0.25) is 0 Å². The van der Waals surface area contributed by atoms with Gasteiger partial charge in [0.1, 0.15) is 23.6 Å². The van der Waals surface area contributed by atoms with Crippen molar-refractivity contribution < 1.29 is 23.1 Å². The van der Waals surface area contributed by atoms with Crippen molar-refractivity contribution in [2.24, 2.45) is 7.05 Å². The number of ether oxygens (including phenoxy) is 1. The molecule has 112 valence electrons. The number of aromatic carboxylic acids is 1. The van der Waals surface area contributed by atoms with Crippen LogP contribution in [0.1, 0.15) is 16.2 Å². The maximum atomic E-state index is 11.5. The molecule has 1 heterocycles. The molecule has 0 spiro atoms. The molecule has 0 aliphatic rings. The van der Waals surface area contributed by atoms with Gasteiger partial charge in [0.05, 0.1) is 5.56 Å². The number of aryl methyl sites for hydroxylation is 1. The van der Waals surface area contributed by atoms with Crippen LogP contribution in [0.4, 0.5) is 0 Å². The lowest BCUT2D eigenvalue weighted by atomic mass is 10.2. The van der Waals surface area contributed by atoms with Crippen LogP contribution in [0.3, 0.4) is 0 Å². The van der Waals surface area contributed by atoms with E-state index in [1.807, 2.05) is 0 Å². The average Bonchev–Trinajstić information content (AvgIpc) is 2.80. The number of nitrogens with zero attached hydrogens (tertiary/aromatic N) is 3. The minimum atomic E-state index is -4.15. The Labute approximate surface area is 124 Å². The van der Waals surface area contributed by atoms with Gasteiger partial charge in [0.15, 0.2) is 5.82 Å². The first kappa shape index (κ1) is 15.3. The molecule has 0 aliphatic heterocycles. The summed E-state index contributed by atoms with van der Waals surface area (Å²) in [7, 11) is 2.80. The molecule has 10 heteroatoms. The normalized spacial score (nSPS) is 11.3. The zero-order valence-electron chi connectivity index (χ0n) is 10.7. The molecule has 0 fully saturated rings. The van der Waals surface area contributed by atoms with Crippen molar-refractivity contribution in [3.63, 3.8) is 0 Å². The fraction of sp³-hybridized carbons (Fsp3) is 0.182. The predicted octanol–water partition coefficient (Wildman–Crippen LogP) is 1.02. The maximum absolute atomic E-state index is 11.5. The Bertz CT molecular complexity index is 787. The van der Waals surface area contributed by atoms with E-state index in [0.717, 1.165) is 6.07 Å². The first-order valence-corrected chi connectivity index (χ1v) is 7.87. The second-order valence-corrected chi connectivity index (χ2v) is 6.53. The lowest BCUT2D eigenvalue weighted by molar-refractivity contribution is 0.0696. The molecule has 0 amide bonds. The number of benzene rings is 1. The first-order chi connectivity index (χ1) is 9.79. The van der Waals surface area contributed by atoms with Crippen molar-refractivity contribution in [2.75, 3.05) is 0 Å². The molecule has 0 atom stereocenters. The molecule has 0 unspecified atom stereocenters. The van der Waals surface area contributed by atoms with Crippen LogP contribution in [0.15, 0.2) is 29.4 Å². The summed E-state index contributed by atoms with van der Waals surface area (Å²) in [5.41, 5.74) is -0.208. The van der Waals surface area contributed by atoms with E-state index in [1.165, 1.54) is 23.1 Å². The van der Waals surface area contributed by atoms with E-state index in [2.05, 4.69) is 10.1 Å². The van der Waals surface area contributed by atoms with Crippen molar-refractivity contribution in [2.45, 2.75) is 11.5 Å². The zero-order chi connectivity index (χ0) is 15.6. The van der Waals surface area contributed by atoms with Gasteiger partial charge in [-0.05, 0) is 18.2 Å². The lowest BCUT2D eigenvalue weighted by Crippen LogP contribution is -2.07. The van der Waals surface area contributed by atoms with Gasteiger partial charge < -0.3 is 9.84 Å². The van der Waals surface area contributed by atoms with Crippen LogP contribution in [0.25, 0.3) is 0 Å². The smallest absolute Gasteiger partial charge is 0.335 e. The minimum Gasteiger partial charge on any atom is -0.484 e. The van der Waals surface area contributed by atoms with Gasteiger partial charge in [-0.25, -0.2) is 18.2 Å². The standard InChI is InChI=1S/C11H10ClN3O5S/c1-15-10(13-6-14-15)5-20-8-3-2-7(11(16)17)4-9(8)21(12,18)19/h2-4,6H,5H2,1H3,(H,16,17). The van der Waals surface area contributed by atoms with Gasteiger partial charge in [-0.3, -0.25) is 4.68 Å². The summed E-state index contributed by atoms with van der Waals surface area (Å²) in [4.78, 5) is 14.4. The van der Waals surface area contributed by atoms with Gasteiger partial charge in [-0.15, -0.1) is 0 Å². The van der Waals surface area contributed by atoms with Crippen LogP contribution in [-0.2, 0) is 22.7 Å². The summed E-state index contributed by atoms with van der Waals surface area (Å²) in [6.07, 6.45) is 1.32. The van der Waals surface area contributed by atoms with Gasteiger partial charge in [-0.2, -0.15) is 5.10 Å². The molecule has 0 bridgehead atoms. The average molecular weight is 332 g/mol. The number of hydrogen-bond acceptors (Lipinski definition) is 6. The molecule has 8 nitrogen and oxygen atoms in total. The molecule has 1 aromatic heterocycles. The second kappa shape index (κ2) is 5.70. The van der Waals surface area contributed by atoms with Crippen LogP contribution in [-0.4, -0.2) is 34.3 Å². The van der Waals surface area contributed by atoms with Crippen molar-refractivity contribution in [1.29, 1.82) is 0 Å². The molecular weight excluding hydrogens is 322 g/mol. The van der Waals surface area contributed by atoms with E-state index >= 15 is 0 Å². The van der Waals surface area contributed by atoms with Crippen molar-refractivity contribution in [1.82, 2.24) is 14.8 Å². The number of halogens is 1. The quantitative estimate of drug-likeness (QED) is 0.814. The van der Waals surface area contributed by atoms with E-state index in [9.17, 15) is 13.2 Å². The third-order valence-corrected chi connectivity index (χ3v) is 3.96. The number of aromatic nitrogens is 3. The van der Waals surface area contributed by atoms with E-state index in [1.54, 1.807) is 7.05 Å².